The van der Waals surface area contributed by atoms with Crippen LogP contribution in [0.15, 0.2) is 12.2 Å². The number of aliphatic hydroxyl groups is 2. The van der Waals surface area contributed by atoms with Gasteiger partial charge in [0.15, 0.2) is 0 Å². The van der Waals surface area contributed by atoms with Gasteiger partial charge in [-0.2, -0.15) is 0 Å². The van der Waals surface area contributed by atoms with Crippen molar-refractivity contribution in [2.24, 2.45) is 0 Å². The molecule has 2 unspecified atom stereocenters. The molecule has 0 aliphatic rings. The van der Waals surface area contributed by atoms with Crippen molar-refractivity contribution in [1.82, 2.24) is 5.32 Å². The molecule has 0 heterocycles. The van der Waals surface area contributed by atoms with E-state index in [-0.39, 0.29) is 12.5 Å². The van der Waals surface area contributed by atoms with Crippen molar-refractivity contribution in [3.05, 3.63) is 12.2 Å². The third kappa shape index (κ3) is 32.3. The Morgan fingerprint density at radius 3 is 1.28 bits per heavy atom. The van der Waals surface area contributed by atoms with Crippen molar-refractivity contribution in [3.63, 3.8) is 0 Å². The maximum absolute atomic E-state index is 12.3. The average molecular weight is 608 g/mol. The number of amides is 1. The summed E-state index contributed by atoms with van der Waals surface area (Å²) in [5.41, 5.74) is 0. The van der Waals surface area contributed by atoms with Gasteiger partial charge in [-0.05, 0) is 38.5 Å². The van der Waals surface area contributed by atoms with E-state index in [0.717, 1.165) is 25.7 Å². The molecule has 1 amide bonds. The van der Waals surface area contributed by atoms with E-state index in [4.69, 9.17) is 0 Å². The number of hydrogen-bond acceptors (Lipinski definition) is 3. The topological polar surface area (TPSA) is 69.6 Å². The highest BCUT2D eigenvalue weighted by Crippen LogP contribution is 2.15. The Hall–Kier alpha value is -0.870. The summed E-state index contributed by atoms with van der Waals surface area (Å²) in [4.78, 5) is 12.3. The molecule has 0 aromatic carbocycles. The van der Waals surface area contributed by atoms with Crippen LogP contribution in [0.1, 0.15) is 213 Å². The first-order valence-corrected chi connectivity index (χ1v) is 19.4. The van der Waals surface area contributed by atoms with Gasteiger partial charge in [-0.25, -0.2) is 0 Å². The minimum absolute atomic E-state index is 0.0363. The maximum Gasteiger partial charge on any atom is 0.220 e. The summed E-state index contributed by atoms with van der Waals surface area (Å²) < 4.78 is 0. The highest BCUT2D eigenvalue weighted by Gasteiger charge is 2.19. The molecule has 4 nitrogen and oxygen atoms in total. The van der Waals surface area contributed by atoms with E-state index in [1.54, 1.807) is 0 Å². The molecule has 256 valence electrons. The number of carbonyl (C=O) groups is 1. The molecule has 0 aliphatic carbocycles. The lowest BCUT2D eigenvalue weighted by Gasteiger charge is -2.22. The lowest BCUT2D eigenvalue weighted by Crippen LogP contribution is -2.45. The molecule has 0 rings (SSSR count). The first kappa shape index (κ1) is 42.1. The summed E-state index contributed by atoms with van der Waals surface area (Å²) in [7, 11) is 0. The second kappa shape index (κ2) is 35.6. The zero-order valence-corrected chi connectivity index (χ0v) is 29.2. The van der Waals surface area contributed by atoms with Crippen LogP contribution in [0, 0.1) is 0 Å². The number of rotatable bonds is 35. The first-order chi connectivity index (χ1) is 21.2. The third-order valence-electron chi connectivity index (χ3n) is 9.03. The minimum Gasteiger partial charge on any atom is -0.394 e. The Kier molecular flexibility index (Phi) is 34.9. The Morgan fingerprint density at radius 2 is 0.884 bits per heavy atom. The van der Waals surface area contributed by atoms with Gasteiger partial charge in [0.25, 0.3) is 0 Å². The van der Waals surface area contributed by atoms with Gasteiger partial charge in [-0.3, -0.25) is 4.79 Å². The van der Waals surface area contributed by atoms with Crippen molar-refractivity contribution in [2.45, 2.75) is 225 Å². The third-order valence-corrected chi connectivity index (χ3v) is 9.03. The van der Waals surface area contributed by atoms with Crippen LogP contribution in [0.25, 0.3) is 0 Å². The smallest absolute Gasteiger partial charge is 0.220 e. The van der Waals surface area contributed by atoms with E-state index in [1.165, 1.54) is 161 Å². The molecule has 0 radical (unpaired) electrons. The van der Waals surface area contributed by atoms with Crippen LogP contribution in [-0.4, -0.2) is 34.9 Å². The molecule has 43 heavy (non-hydrogen) atoms. The van der Waals surface area contributed by atoms with Gasteiger partial charge >= 0.3 is 0 Å². The van der Waals surface area contributed by atoms with Crippen LogP contribution in [0.3, 0.4) is 0 Å². The molecule has 0 aromatic heterocycles. The second-order valence-corrected chi connectivity index (χ2v) is 13.4. The Balaban J connectivity index is 3.50. The van der Waals surface area contributed by atoms with Gasteiger partial charge in [0, 0.05) is 6.42 Å². The fourth-order valence-electron chi connectivity index (χ4n) is 6.00. The summed E-state index contributed by atoms with van der Waals surface area (Å²) in [6.07, 6.45) is 42.7. The maximum atomic E-state index is 12.3. The van der Waals surface area contributed by atoms with Crippen molar-refractivity contribution in [1.29, 1.82) is 0 Å². The van der Waals surface area contributed by atoms with Gasteiger partial charge in [0.2, 0.25) is 5.91 Å². The standard InChI is InChI=1S/C39H77NO3/c1-3-5-7-9-11-13-15-16-17-18-19-20-21-22-23-24-25-27-29-31-33-35-39(43)40-37(36-41)38(42)34-32-30-28-26-14-12-10-8-6-4-2/h20-21,37-38,41-42H,3-19,22-36H2,1-2H3,(H,40,43)/b21-20-. The van der Waals surface area contributed by atoms with E-state index >= 15 is 0 Å². The molecular weight excluding hydrogens is 530 g/mol. The quantitative estimate of drug-likeness (QED) is 0.0496. The number of carbonyl (C=O) groups excluding carboxylic acids is 1. The van der Waals surface area contributed by atoms with Gasteiger partial charge in [0.05, 0.1) is 18.8 Å². The molecule has 0 saturated carbocycles. The monoisotopic (exact) mass is 608 g/mol. The molecule has 0 aliphatic heterocycles. The predicted octanol–water partition coefficient (Wildman–Crippen LogP) is 11.5. The van der Waals surface area contributed by atoms with E-state index in [2.05, 4.69) is 31.3 Å². The van der Waals surface area contributed by atoms with Crippen molar-refractivity contribution < 1.29 is 15.0 Å². The highest BCUT2D eigenvalue weighted by molar-refractivity contribution is 5.76. The number of hydrogen-bond donors (Lipinski definition) is 3. The van der Waals surface area contributed by atoms with Crippen LogP contribution in [0.2, 0.25) is 0 Å². The predicted molar refractivity (Wildman–Crippen MR) is 189 cm³/mol. The van der Waals surface area contributed by atoms with Crippen molar-refractivity contribution in [2.75, 3.05) is 6.61 Å². The van der Waals surface area contributed by atoms with Crippen LogP contribution in [-0.2, 0) is 4.79 Å². The minimum atomic E-state index is -0.655. The molecule has 4 heteroatoms. The lowest BCUT2D eigenvalue weighted by atomic mass is 10.0. The normalized spacial score (nSPS) is 13.1. The van der Waals surface area contributed by atoms with Crippen LogP contribution in [0.5, 0.6) is 0 Å². The van der Waals surface area contributed by atoms with E-state index in [1.807, 2.05) is 0 Å². The zero-order valence-electron chi connectivity index (χ0n) is 29.2. The zero-order chi connectivity index (χ0) is 31.5. The first-order valence-electron chi connectivity index (χ1n) is 19.4. The van der Waals surface area contributed by atoms with Crippen LogP contribution < -0.4 is 5.32 Å². The molecule has 0 fully saturated rings. The van der Waals surface area contributed by atoms with Crippen LogP contribution >= 0.6 is 0 Å². The van der Waals surface area contributed by atoms with Crippen molar-refractivity contribution >= 4 is 5.91 Å². The van der Waals surface area contributed by atoms with E-state index in [9.17, 15) is 15.0 Å². The summed E-state index contributed by atoms with van der Waals surface area (Å²) in [5, 5.41) is 23.0. The Morgan fingerprint density at radius 1 is 0.535 bits per heavy atom. The van der Waals surface area contributed by atoms with Gasteiger partial charge in [-0.1, -0.05) is 180 Å². The highest BCUT2D eigenvalue weighted by atomic mass is 16.3. The Labute approximate surface area is 269 Å². The van der Waals surface area contributed by atoms with E-state index in [0.29, 0.717) is 12.8 Å². The number of allylic oxidation sites excluding steroid dienone is 2. The average Bonchev–Trinajstić information content (AvgIpc) is 3.01. The molecule has 0 saturated heterocycles. The number of aliphatic hydroxyl groups excluding tert-OH is 2. The molecule has 0 aromatic rings. The van der Waals surface area contributed by atoms with Gasteiger partial charge in [0.1, 0.15) is 0 Å². The van der Waals surface area contributed by atoms with Gasteiger partial charge in [-0.15, -0.1) is 0 Å². The molecular formula is C39H77NO3. The fraction of sp³-hybridized carbons (Fsp3) is 0.923. The van der Waals surface area contributed by atoms with Gasteiger partial charge < -0.3 is 15.5 Å². The lowest BCUT2D eigenvalue weighted by molar-refractivity contribution is -0.123. The van der Waals surface area contributed by atoms with Crippen LogP contribution in [0.4, 0.5) is 0 Å². The molecule has 3 N–H and O–H groups in total. The molecule has 2 atom stereocenters. The summed E-state index contributed by atoms with van der Waals surface area (Å²) in [6.45, 7) is 4.34. The number of unbranched alkanes of at least 4 members (excludes halogenated alkanes) is 26. The van der Waals surface area contributed by atoms with Crippen molar-refractivity contribution in [3.8, 4) is 0 Å². The largest absolute Gasteiger partial charge is 0.394 e. The fourth-order valence-corrected chi connectivity index (χ4v) is 6.00. The SMILES string of the molecule is CCCCCCCCCCCC/C=C\CCCCCCCCCC(=O)NC(CO)C(O)CCCCCCCCCCCC. The summed E-state index contributed by atoms with van der Waals surface area (Å²) in [6, 6.07) is -0.532. The number of nitrogens with one attached hydrogen (secondary N) is 1. The Bertz CT molecular complexity index is 579. The second-order valence-electron chi connectivity index (χ2n) is 13.4. The summed E-state index contributed by atoms with van der Waals surface area (Å²) in [5.74, 6) is -0.0363. The van der Waals surface area contributed by atoms with E-state index < -0.39 is 12.1 Å². The molecule has 0 bridgehead atoms. The summed E-state index contributed by atoms with van der Waals surface area (Å²) >= 11 is 0. The molecule has 0 spiro atoms.